The number of carbonyl (C=O) groups excluding carboxylic acids is 1. The molecule has 1 aromatic carbocycles. The Bertz CT molecular complexity index is 563. The van der Waals surface area contributed by atoms with Crippen molar-refractivity contribution in [3.63, 3.8) is 0 Å². The Labute approximate surface area is 105 Å². The fourth-order valence-electron chi connectivity index (χ4n) is 1.91. The molecule has 1 aromatic heterocycles. The van der Waals surface area contributed by atoms with E-state index < -0.39 is 5.82 Å². The Balaban J connectivity index is 2.28. The first-order chi connectivity index (χ1) is 8.61. The quantitative estimate of drug-likeness (QED) is 0.778. The van der Waals surface area contributed by atoms with Gasteiger partial charge >= 0.3 is 0 Å². The molecule has 1 heterocycles. The highest BCUT2D eigenvalue weighted by molar-refractivity contribution is 5.84. The lowest BCUT2D eigenvalue weighted by atomic mass is 10.1. The molecule has 0 aliphatic heterocycles. The monoisotopic (exact) mass is 247 g/mol. The molecule has 0 N–H and O–H groups in total. The van der Waals surface area contributed by atoms with Crippen LogP contribution in [0.3, 0.4) is 0 Å². The maximum absolute atomic E-state index is 13.8. The van der Waals surface area contributed by atoms with Gasteiger partial charge < -0.3 is 9.32 Å². The molecule has 0 aliphatic rings. The van der Waals surface area contributed by atoms with Crippen molar-refractivity contribution in [1.29, 1.82) is 0 Å². The van der Waals surface area contributed by atoms with Crippen molar-refractivity contribution in [3.8, 4) is 0 Å². The van der Waals surface area contributed by atoms with Crippen molar-refractivity contribution in [2.75, 3.05) is 11.9 Å². The summed E-state index contributed by atoms with van der Waals surface area (Å²) in [6.07, 6.45) is 0.655. The lowest BCUT2D eigenvalue weighted by Crippen LogP contribution is -2.19. The van der Waals surface area contributed by atoms with E-state index in [9.17, 15) is 9.18 Å². The lowest BCUT2D eigenvalue weighted by molar-refractivity contribution is 0.112. The number of anilines is 1. The first-order valence-electron chi connectivity index (χ1n) is 5.62. The molecule has 4 heteroatoms. The predicted octanol–water partition coefficient (Wildman–Crippen LogP) is 3.18. The molecule has 2 aromatic rings. The molecule has 0 unspecified atom stereocenters. The van der Waals surface area contributed by atoms with Crippen molar-refractivity contribution in [2.45, 2.75) is 13.5 Å². The molecule has 0 spiro atoms. The van der Waals surface area contributed by atoms with E-state index in [1.807, 2.05) is 19.1 Å². The zero-order valence-corrected chi connectivity index (χ0v) is 10.3. The Kier molecular flexibility index (Phi) is 3.46. The van der Waals surface area contributed by atoms with E-state index in [4.69, 9.17) is 4.42 Å². The van der Waals surface area contributed by atoms with E-state index in [0.717, 1.165) is 11.5 Å². The van der Waals surface area contributed by atoms with E-state index in [1.165, 1.54) is 12.1 Å². The van der Waals surface area contributed by atoms with Gasteiger partial charge in [-0.15, -0.1) is 0 Å². The number of rotatable bonds is 4. The van der Waals surface area contributed by atoms with Gasteiger partial charge in [-0.2, -0.15) is 0 Å². The molecule has 0 saturated carbocycles. The van der Waals surface area contributed by atoms with Crippen LogP contribution in [0.25, 0.3) is 0 Å². The van der Waals surface area contributed by atoms with Crippen molar-refractivity contribution in [1.82, 2.24) is 0 Å². The van der Waals surface area contributed by atoms with Crippen molar-refractivity contribution in [3.05, 3.63) is 53.2 Å². The van der Waals surface area contributed by atoms with Crippen LogP contribution in [0.5, 0.6) is 0 Å². The van der Waals surface area contributed by atoms with Gasteiger partial charge in [0.15, 0.2) is 6.29 Å². The van der Waals surface area contributed by atoms with Gasteiger partial charge in [0.1, 0.15) is 17.3 Å². The number of hydrogen-bond donors (Lipinski definition) is 0. The van der Waals surface area contributed by atoms with Gasteiger partial charge in [0.05, 0.1) is 12.2 Å². The van der Waals surface area contributed by atoms with Gasteiger partial charge in [-0.25, -0.2) is 4.39 Å². The molecule has 0 saturated heterocycles. The Morgan fingerprint density at radius 3 is 2.72 bits per heavy atom. The third kappa shape index (κ3) is 2.42. The molecular weight excluding hydrogens is 233 g/mol. The van der Waals surface area contributed by atoms with Crippen LogP contribution in [-0.4, -0.2) is 13.3 Å². The first-order valence-corrected chi connectivity index (χ1v) is 5.62. The van der Waals surface area contributed by atoms with E-state index in [-0.39, 0.29) is 0 Å². The van der Waals surface area contributed by atoms with Gasteiger partial charge in [-0.3, -0.25) is 4.79 Å². The number of aryl methyl sites for hydroxylation is 1. The van der Waals surface area contributed by atoms with Crippen molar-refractivity contribution < 1.29 is 13.6 Å². The third-order valence-electron chi connectivity index (χ3n) is 2.72. The molecule has 0 atom stereocenters. The summed E-state index contributed by atoms with van der Waals surface area (Å²) in [7, 11) is 1.73. The molecule has 0 fully saturated rings. The number of furan rings is 1. The fraction of sp³-hybridized carbons (Fsp3) is 0.214. The maximum atomic E-state index is 13.8. The highest BCUT2D eigenvalue weighted by Gasteiger charge is 2.14. The number of carbonyl (C=O) groups is 1. The predicted molar refractivity (Wildman–Crippen MR) is 67.3 cm³/mol. The van der Waals surface area contributed by atoms with Crippen LogP contribution in [0, 0.1) is 12.7 Å². The number of nitrogens with zero attached hydrogens (tertiary/aromatic N) is 1. The second-order valence-electron chi connectivity index (χ2n) is 4.16. The van der Waals surface area contributed by atoms with E-state index in [1.54, 1.807) is 18.0 Å². The van der Waals surface area contributed by atoms with Gasteiger partial charge in [-0.1, -0.05) is 6.07 Å². The zero-order valence-electron chi connectivity index (χ0n) is 10.3. The molecule has 18 heavy (non-hydrogen) atoms. The van der Waals surface area contributed by atoms with Crippen LogP contribution < -0.4 is 4.90 Å². The highest BCUT2D eigenvalue weighted by Crippen LogP contribution is 2.24. The molecule has 0 radical (unpaired) electrons. The summed E-state index contributed by atoms with van der Waals surface area (Å²) in [6.45, 7) is 2.26. The first kappa shape index (κ1) is 12.4. The minimum absolute atomic E-state index is 0.293. The minimum atomic E-state index is -0.412. The average Bonchev–Trinajstić information content (AvgIpc) is 2.74. The van der Waals surface area contributed by atoms with E-state index >= 15 is 0 Å². The minimum Gasteiger partial charge on any atom is -0.464 e. The van der Waals surface area contributed by atoms with Crippen molar-refractivity contribution in [2.24, 2.45) is 0 Å². The number of aldehydes is 1. The number of para-hydroxylation sites is 1. The van der Waals surface area contributed by atoms with Gasteiger partial charge in [0.2, 0.25) is 0 Å². The highest BCUT2D eigenvalue weighted by atomic mass is 19.1. The largest absolute Gasteiger partial charge is 0.464 e. The van der Waals surface area contributed by atoms with Crippen LogP contribution in [0.4, 0.5) is 10.1 Å². The average molecular weight is 247 g/mol. The summed E-state index contributed by atoms with van der Waals surface area (Å²) >= 11 is 0. The van der Waals surface area contributed by atoms with Crippen LogP contribution in [0.1, 0.15) is 21.9 Å². The smallest absolute Gasteiger partial charge is 0.152 e. The fourth-order valence-corrected chi connectivity index (χ4v) is 1.91. The second kappa shape index (κ2) is 5.04. The Morgan fingerprint density at radius 2 is 2.11 bits per heavy atom. The zero-order chi connectivity index (χ0) is 13.1. The summed E-state index contributed by atoms with van der Waals surface area (Å²) in [5.74, 6) is 1.13. The molecule has 0 amide bonds. The van der Waals surface area contributed by atoms with Crippen LogP contribution in [0.15, 0.2) is 34.7 Å². The summed E-state index contributed by atoms with van der Waals surface area (Å²) in [6, 6.07) is 8.15. The summed E-state index contributed by atoms with van der Waals surface area (Å²) in [5.41, 5.74) is 0.627. The molecule has 0 bridgehead atoms. The topological polar surface area (TPSA) is 33.5 Å². The van der Waals surface area contributed by atoms with Crippen LogP contribution in [0.2, 0.25) is 0 Å². The Morgan fingerprint density at radius 1 is 1.33 bits per heavy atom. The standard InChI is InChI=1S/C14H14FNO2/c1-10-6-7-12(18-10)8-16(2)14-11(9-17)4-3-5-13(14)15/h3-7,9H,8H2,1-2H3. The molecule has 0 aliphatic carbocycles. The summed E-state index contributed by atoms with van der Waals surface area (Å²) < 4.78 is 19.2. The molecule has 2 rings (SSSR count). The molecule has 94 valence electrons. The molecular formula is C14H14FNO2. The number of halogens is 1. The summed E-state index contributed by atoms with van der Waals surface area (Å²) in [5, 5.41) is 0. The van der Waals surface area contributed by atoms with Gasteiger partial charge in [-0.05, 0) is 31.2 Å². The van der Waals surface area contributed by atoms with Crippen LogP contribution in [-0.2, 0) is 6.54 Å². The van der Waals surface area contributed by atoms with Crippen LogP contribution >= 0.6 is 0 Å². The number of hydrogen-bond acceptors (Lipinski definition) is 3. The SMILES string of the molecule is Cc1ccc(CN(C)c2c(F)cccc2C=O)o1. The van der Waals surface area contributed by atoms with E-state index in [0.29, 0.717) is 24.1 Å². The normalized spacial score (nSPS) is 10.4. The summed E-state index contributed by atoms with van der Waals surface area (Å²) in [4.78, 5) is 12.6. The third-order valence-corrected chi connectivity index (χ3v) is 2.72. The second-order valence-corrected chi connectivity index (χ2v) is 4.16. The van der Waals surface area contributed by atoms with Gasteiger partial charge in [0.25, 0.3) is 0 Å². The lowest BCUT2D eigenvalue weighted by Gasteiger charge is -2.20. The molecule has 3 nitrogen and oxygen atoms in total. The van der Waals surface area contributed by atoms with Gasteiger partial charge in [0, 0.05) is 12.6 Å². The van der Waals surface area contributed by atoms with Crippen molar-refractivity contribution >= 4 is 12.0 Å². The van der Waals surface area contributed by atoms with E-state index in [2.05, 4.69) is 0 Å². The maximum Gasteiger partial charge on any atom is 0.152 e. The Hall–Kier alpha value is -2.10. The number of benzene rings is 1.